The first kappa shape index (κ1) is 18.7. The molecule has 142 valence electrons. The van der Waals surface area contributed by atoms with E-state index in [1.165, 1.54) is 40.2 Å². The van der Waals surface area contributed by atoms with Crippen LogP contribution < -0.4 is 0 Å². The van der Waals surface area contributed by atoms with Crippen LogP contribution in [0.3, 0.4) is 0 Å². The van der Waals surface area contributed by atoms with Crippen LogP contribution >= 0.6 is 34.0 Å². The zero-order valence-corrected chi connectivity index (χ0v) is 16.9. The summed E-state index contributed by atoms with van der Waals surface area (Å²) in [6.07, 6.45) is 0. The minimum Gasteiger partial charge on any atom is -0.505 e. The van der Waals surface area contributed by atoms with Crippen LogP contribution in [0.1, 0.15) is 20.8 Å². The van der Waals surface area contributed by atoms with E-state index in [4.69, 9.17) is 0 Å². The van der Waals surface area contributed by atoms with Crippen molar-refractivity contribution < 1.29 is 24.2 Å². The topological polar surface area (TPSA) is 77.6 Å². The van der Waals surface area contributed by atoms with Gasteiger partial charge in [0, 0.05) is 26.1 Å². The van der Waals surface area contributed by atoms with E-state index < -0.39 is 11.8 Å². The molecule has 0 spiro atoms. The van der Waals surface area contributed by atoms with Gasteiger partial charge in [0.2, 0.25) is 6.54 Å². The largest absolute Gasteiger partial charge is 0.505 e. The van der Waals surface area contributed by atoms with Crippen molar-refractivity contribution in [2.45, 2.75) is 13.5 Å². The first-order valence-corrected chi connectivity index (χ1v) is 10.7. The van der Waals surface area contributed by atoms with Crippen LogP contribution in [0.15, 0.2) is 35.0 Å². The molecule has 28 heavy (non-hydrogen) atoms. The third-order valence-corrected chi connectivity index (χ3v) is 7.42. The lowest BCUT2D eigenvalue weighted by Crippen LogP contribution is -2.05. The van der Waals surface area contributed by atoms with Crippen molar-refractivity contribution in [3.05, 3.63) is 61.8 Å². The molecule has 3 aromatic heterocycles. The molecule has 4 rings (SSSR count). The van der Waals surface area contributed by atoms with Crippen LogP contribution in [-0.4, -0.2) is 20.9 Å². The van der Waals surface area contributed by atoms with Gasteiger partial charge in [-0.3, -0.25) is 0 Å². The van der Waals surface area contributed by atoms with Gasteiger partial charge in [-0.25, -0.2) is 9.18 Å². The molecule has 0 aliphatic heterocycles. The highest BCUT2D eigenvalue weighted by molar-refractivity contribution is 7.27. The second-order valence-corrected chi connectivity index (χ2v) is 9.05. The van der Waals surface area contributed by atoms with E-state index >= 15 is 0 Å². The number of hydrogen-bond donors (Lipinski definition) is 2. The maximum atomic E-state index is 14.4. The van der Waals surface area contributed by atoms with Gasteiger partial charge in [0.15, 0.2) is 11.3 Å². The van der Waals surface area contributed by atoms with E-state index in [0.29, 0.717) is 19.9 Å². The number of nitroso groups, excluding NO2 is 1. The number of benzene rings is 1. The number of halogens is 1. The Labute approximate surface area is 170 Å². The van der Waals surface area contributed by atoms with Gasteiger partial charge >= 0.3 is 11.0 Å². The Morgan fingerprint density at radius 2 is 2.00 bits per heavy atom. The van der Waals surface area contributed by atoms with Crippen molar-refractivity contribution in [3.8, 4) is 16.9 Å². The zero-order valence-electron chi connectivity index (χ0n) is 14.4. The van der Waals surface area contributed by atoms with Crippen molar-refractivity contribution in [1.29, 1.82) is 0 Å². The van der Waals surface area contributed by atoms with Gasteiger partial charge in [0.25, 0.3) is 0 Å². The lowest BCUT2D eigenvalue weighted by Gasteiger charge is -2.03. The van der Waals surface area contributed by atoms with Gasteiger partial charge in [-0.2, -0.15) is 0 Å². The van der Waals surface area contributed by atoms with Crippen molar-refractivity contribution in [3.63, 3.8) is 0 Å². The molecule has 4 aromatic rings. The minimum absolute atomic E-state index is 0.0290. The summed E-state index contributed by atoms with van der Waals surface area (Å²) in [6, 6.07) is 6.38. The highest BCUT2D eigenvalue weighted by Crippen LogP contribution is 2.43. The Bertz CT molecular complexity index is 1240. The summed E-state index contributed by atoms with van der Waals surface area (Å²) < 4.78 is 16.5. The number of aryl methyl sites for hydroxylation is 1. The maximum Gasteiger partial charge on any atom is 0.344 e. The normalized spacial score (nSPS) is 11.2. The standard InChI is InChI=1S/C19H12FNO4S3/c1-9-2-3-10(12(20)6-9)11-8-27-18(15(11)19(23)24)21(25)7-14-16(22)17-13(28-14)4-5-26-17/h2-6,8H,7H2,1H3,(H-,22,23,24)/p+1. The lowest BCUT2D eigenvalue weighted by atomic mass is 10.0. The molecule has 0 atom stereocenters. The molecular weight excluding hydrogens is 421 g/mol. The number of aromatic carboxylic acids is 1. The van der Waals surface area contributed by atoms with E-state index in [9.17, 15) is 24.3 Å². The van der Waals surface area contributed by atoms with Gasteiger partial charge in [0.1, 0.15) is 10.7 Å². The molecule has 0 unspecified atom stereocenters. The Hall–Kier alpha value is -2.62. The molecule has 0 aliphatic rings. The zero-order chi connectivity index (χ0) is 20.0. The third kappa shape index (κ3) is 3.11. The molecule has 5 nitrogen and oxygen atoms in total. The number of carbonyl (C=O) groups is 1. The number of rotatable bonds is 5. The highest BCUT2D eigenvalue weighted by atomic mass is 32.1. The second kappa shape index (κ2) is 7.08. The fourth-order valence-electron chi connectivity index (χ4n) is 2.94. The molecule has 0 saturated carbocycles. The van der Waals surface area contributed by atoms with Crippen molar-refractivity contribution in [2.24, 2.45) is 0 Å². The Kier molecular flexibility index (Phi) is 4.74. The monoisotopic (exact) mass is 434 g/mol. The van der Waals surface area contributed by atoms with Crippen molar-refractivity contribution in [1.82, 2.24) is 0 Å². The van der Waals surface area contributed by atoms with Crippen LogP contribution in [0.25, 0.3) is 20.5 Å². The van der Waals surface area contributed by atoms with Crippen LogP contribution in [0.2, 0.25) is 0 Å². The molecule has 0 fully saturated rings. The van der Waals surface area contributed by atoms with Gasteiger partial charge in [-0.05, 0) is 30.0 Å². The molecular formula is C19H13FNO4S3+. The number of nitrogens with zero attached hydrogens (tertiary/aromatic N) is 1. The molecule has 0 amide bonds. The van der Waals surface area contributed by atoms with Crippen LogP contribution in [0.4, 0.5) is 9.39 Å². The van der Waals surface area contributed by atoms with E-state index in [-0.39, 0.29) is 34.0 Å². The summed E-state index contributed by atoms with van der Waals surface area (Å²) in [4.78, 5) is 25.1. The highest BCUT2D eigenvalue weighted by Gasteiger charge is 2.32. The average molecular weight is 435 g/mol. The number of carboxylic acids is 1. The number of fused-ring (bicyclic) bond motifs is 1. The van der Waals surface area contributed by atoms with E-state index in [1.54, 1.807) is 13.0 Å². The van der Waals surface area contributed by atoms with Crippen molar-refractivity contribution >= 4 is 54.4 Å². The smallest absolute Gasteiger partial charge is 0.344 e. The predicted molar refractivity (Wildman–Crippen MR) is 110 cm³/mol. The van der Waals surface area contributed by atoms with E-state index in [1.807, 2.05) is 11.4 Å². The Balaban J connectivity index is 1.74. The maximum absolute atomic E-state index is 14.4. The summed E-state index contributed by atoms with van der Waals surface area (Å²) in [5, 5.41) is 23.3. The summed E-state index contributed by atoms with van der Waals surface area (Å²) in [5.74, 6) is -1.79. The molecule has 1 aromatic carbocycles. The predicted octanol–water partition coefficient (Wildman–Crippen LogP) is 6.15. The number of carboxylic acid groups (broad SMARTS) is 1. The minimum atomic E-state index is -1.30. The lowest BCUT2D eigenvalue weighted by molar-refractivity contribution is -0.475. The van der Waals surface area contributed by atoms with E-state index in [2.05, 4.69) is 0 Å². The first-order valence-electron chi connectivity index (χ1n) is 8.10. The quantitative estimate of drug-likeness (QED) is 0.369. The van der Waals surface area contributed by atoms with E-state index in [0.717, 1.165) is 16.0 Å². The third-order valence-electron chi connectivity index (χ3n) is 4.26. The number of hydrogen-bond acceptors (Lipinski definition) is 6. The molecule has 3 heterocycles. The molecule has 2 N–H and O–H groups in total. The number of thiophene rings is 3. The molecule has 0 aliphatic carbocycles. The summed E-state index contributed by atoms with van der Waals surface area (Å²) in [5.41, 5.74) is 0.786. The van der Waals surface area contributed by atoms with Gasteiger partial charge in [-0.15, -0.1) is 22.7 Å². The van der Waals surface area contributed by atoms with Gasteiger partial charge in [0.05, 0.1) is 9.46 Å². The Morgan fingerprint density at radius 1 is 1.21 bits per heavy atom. The fraction of sp³-hybridized carbons (Fsp3) is 0.105. The molecule has 0 bridgehead atoms. The summed E-state index contributed by atoms with van der Waals surface area (Å²) >= 11 is 3.61. The van der Waals surface area contributed by atoms with Crippen LogP contribution in [0.5, 0.6) is 5.75 Å². The second-order valence-electron chi connectivity index (χ2n) is 6.14. The summed E-state index contributed by atoms with van der Waals surface area (Å²) in [6.45, 7) is 1.55. The SMILES string of the molecule is Cc1ccc(-c2csc([N+](=O)Cc3sc4ccsc4c3O)c2C(=O)O)c(F)c1. The molecule has 9 heteroatoms. The fourth-order valence-corrected chi connectivity index (χ4v) is 6.06. The van der Waals surface area contributed by atoms with Crippen molar-refractivity contribution in [2.75, 3.05) is 0 Å². The van der Waals surface area contributed by atoms with Gasteiger partial charge in [-0.1, -0.05) is 23.5 Å². The molecule has 0 saturated heterocycles. The van der Waals surface area contributed by atoms with Crippen LogP contribution in [-0.2, 0) is 6.54 Å². The first-order chi connectivity index (χ1) is 13.4. The Morgan fingerprint density at radius 3 is 2.68 bits per heavy atom. The van der Waals surface area contributed by atoms with Crippen LogP contribution in [0, 0.1) is 17.6 Å². The average Bonchev–Trinajstić information content (AvgIpc) is 3.32. The molecule has 0 radical (unpaired) electrons. The summed E-state index contributed by atoms with van der Waals surface area (Å²) in [7, 11) is 0. The number of aromatic hydroxyl groups is 1. The van der Waals surface area contributed by atoms with Gasteiger partial charge < -0.3 is 10.2 Å².